The van der Waals surface area contributed by atoms with Gasteiger partial charge in [-0.2, -0.15) is 0 Å². The Balaban J connectivity index is 2.32. The zero-order valence-electron chi connectivity index (χ0n) is 7.53. The molecule has 0 aromatic carbocycles. The van der Waals surface area contributed by atoms with Gasteiger partial charge in [0.2, 0.25) is 5.91 Å². The van der Waals surface area contributed by atoms with Gasteiger partial charge in [0.05, 0.1) is 19.1 Å². The van der Waals surface area contributed by atoms with E-state index in [0.29, 0.717) is 10.7 Å². The zero-order chi connectivity index (χ0) is 10.3. The summed E-state index contributed by atoms with van der Waals surface area (Å²) in [5, 5.41) is 13.2. The second-order valence-electron chi connectivity index (χ2n) is 3.25. The first kappa shape index (κ1) is 9.48. The molecule has 0 saturated carbocycles. The Hall–Kier alpha value is -1.07. The Labute approximate surface area is 85.2 Å². The average Bonchev–Trinajstić information content (AvgIpc) is 2.59. The summed E-state index contributed by atoms with van der Waals surface area (Å²) >= 11 is 5.87. The van der Waals surface area contributed by atoms with Gasteiger partial charge >= 0.3 is 0 Å². The molecule has 1 aliphatic rings. The van der Waals surface area contributed by atoms with Gasteiger partial charge in [0.15, 0.2) is 0 Å². The number of aryl methyl sites for hydroxylation is 1. The van der Waals surface area contributed by atoms with E-state index in [4.69, 9.17) is 16.1 Å². The number of amides is 1. The maximum Gasteiger partial charge on any atom is 0.253 e. The maximum atomic E-state index is 11.4. The van der Waals surface area contributed by atoms with Crippen LogP contribution in [0.25, 0.3) is 0 Å². The van der Waals surface area contributed by atoms with Crippen molar-refractivity contribution in [2.75, 3.05) is 11.4 Å². The Morgan fingerprint density at radius 3 is 2.86 bits per heavy atom. The molecule has 1 saturated heterocycles. The molecule has 1 atom stereocenters. The molecule has 1 unspecified atom stereocenters. The van der Waals surface area contributed by atoms with Gasteiger partial charge in [-0.15, -0.1) is 0 Å². The molecule has 0 radical (unpaired) electrons. The van der Waals surface area contributed by atoms with E-state index < -0.39 is 6.10 Å². The second-order valence-corrected chi connectivity index (χ2v) is 3.63. The summed E-state index contributed by atoms with van der Waals surface area (Å²) in [6.45, 7) is 1.90. The van der Waals surface area contributed by atoms with Crippen LogP contribution in [0, 0.1) is 6.92 Å². The summed E-state index contributed by atoms with van der Waals surface area (Å²) in [6, 6.07) is 0. The number of rotatable bonds is 1. The first-order valence-corrected chi connectivity index (χ1v) is 4.57. The van der Waals surface area contributed by atoms with E-state index in [1.165, 1.54) is 4.90 Å². The Morgan fingerprint density at radius 1 is 1.71 bits per heavy atom. The number of hydrogen-bond acceptors (Lipinski definition) is 4. The molecule has 2 heterocycles. The first-order chi connectivity index (χ1) is 6.59. The van der Waals surface area contributed by atoms with Gasteiger partial charge in [-0.1, -0.05) is 16.8 Å². The molecule has 1 aliphatic heterocycles. The standard InChI is InChI=1S/C8H9ClN2O3/c1-4-7(9)8(14-10-4)11-3-5(12)2-6(11)13/h5,12H,2-3H2,1H3. The zero-order valence-corrected chi connectivity index (χ0v) is 8.28. The Morgan fingerprint density at radius 2 is 2.43 bits per heavy atom. The van der Waals surface area contributed by atoms with E-state index in [0.717, 1.165) is 0 Å². The fraction of sp³-hybridized carbons (Fsp3) is 0.500. The molecule has 1 aromatic rings. The maximum absolute atomic E-state index is 11.4. The SMILES string of the molecule is Cc1noc(N2CC(O)CC2=O)c1Cl. The van der Waals surface area contributed by atoms with E-state index in [2.05, 4.69) is 5.16 Å². The van der Waals surface area contributed by atoms with Crippen LogP contribution < -0.4 is 4.90 Å². The van der Waals surface area contributed by atoms with Crippen LogP contribution in [0.15, 0.2) is 4.52 Å². The molecule has 0 spiro atoms. The normalized spacial score (nSPS) is 22.1. The number of β-amino-alcohol motifs (C(OH)–C–C–N with tert-alkyl or cyclic N) is 1. The van der Waals surface area contributed by atoms with E-state index in [1.807, 2.05) is 0 Å². The summed E-state index contributed by atoms with van der Waals surface area (Å²) in [5.74, 6) is 0.0290. The highest BCUT2D eigenvalue weighted by molar-refractivity contribution is 6.34. The van der Waals surface area contributed by atoms with Crippen LogP contribution in [0.4, 0.5) is 5.88 Å². The number of nitrogens with zero attached hydrogens (tertiary/aromatic N) is 2. The molecule has 0 bridgehead atoms. The van der Waals surface area contributed by atoms with Crippen molar-refractivity contribution in [2.24, 2.45) is 0 Å². The average molecular weight is 217 g/mol. The van der Waals surface area contributed by atoms with Crippen molar-refractivity contribution in [2.45, 2.75) is 19.4 Å². The minimum atomic E-state index is -0.649. The summed E-state index contributed by atoms with van der Waals surface area (Å²) in [4.78, 5) is 12.7. The van der Waals surface area contributed by atoms with Gasteiger partial charge in [0, 0.05) is 0 Å². The molecule has 2 rings (SSSR count). The van der Waals surface area contributed by atoms with Crippen LogP contribution in [0.1, 0.15) is 12.1 Å². The smallest absolute Gasteiger partial charge is 0.253 e. The minimum Gasteiger partial charge on any atom is -0.391 e. The van der Waals surface area contributed by atoms with Gasteiger partial charge < -0.3 is 9.63 Å². The van der Waals surface area contributed by atoms with Gasteiger partial charge in [-0.05, 0) is 6.92 Å². The molecule has 5 nitrogen and oxygen atoms in total. The number of halogens is 1. The largest absolute Gasteiger partial charge is 0.391 e. The molecule has 1 N–H and O–H groups in total. The first-order valence-electron chi connectivity index (χ1n) is 4.20. The summed E-state index contributed by atoms with van der Waals surface area (Å²) < 4.78 is 4.91. The number of carbonyl (C=O) groups excluding carboxylic acids is 1. The van der Waals surface area contributed by atoms with Crippen molar-refractivity contribution in [1.29, 1.82) is 0 Å². The van der Waals surface area contributed by atoms with Crippen molar-refractivity contribution in [3.8, 4) is 0 Å². The Kier molecular flexibility index (Phi) is 2.20. The third-order valence-electron chi connectivity index (χ3n) is 2.12. The van der Waals surface area contributed by atoms with Gasteiger partial charge in [-0.25, -0.2) is 0 Å². The molecule has 76 valence electrons. The van der Waals surface area contributed by atoms with Crippen molar-refractivity contribution in [1.82, 2.24) is 5.16 Å². The van der Waals surface area contributed by atoms with Crippen molar-refractivity contribution in [3.63, 3.8) is 0 Å². The third-order valence-corrected chi connectivity index (χ3v) is 2.56. The highest BCUT2D eigenvalue weighted by Crippen LogP contribution is 2.31. The summed E-state index contributed by atoms with van der Waals surface area (Å²) in [7, 11) is 0. The van der Waals surface area contributed by atoms with Gasteiger partial charge in [0.25, 0.3) is 5.88 Å². The molecule has 1 aromatic heterocycles. The number of hydrogen-bond donors (Lipinski definition) is 1. The number of aliphatic hydroxyl groups excluding tert-OH is 1. The fourth-order valence-electron chi connectivity index (χ4n) is 1.40. The second kappa shape index (κ2) is 3.25. The molecular formula is C8H9ClN2O3. The molecule has 14 heavy (non-hydrogen) atoms. The van der Waals surface area contributed by atoms with Crippen LogP contribution in [0.5, 0.6) is 0 Å². The number of aliphatic hydroxyl groups is 1. The van der Waals surface area contributed by atoms with Gasteiger partial charge in [0.1, 0.15) is 10.7 Å². The van der Waals surface area contributed by atoms with Crippen molar-refractivity contribution >= 4 is 23.4 Å². The summed E-state index contributed by atoms with van der Waals surface area (Å²) in [6.07, 6.45) is -0.542. The van der Waals surface area contributed by atoms with Crippen LogP contribution in [-0.4, -0.2) is 28.8 Å². The van der Waals surface area contributed by atoms with Crippen molar-refractivity contribution in [3.05, 3.63) is 10.7 Å². The third kappa shape index (κ3) is 1.38. The van der Waals surface area contributed by atoms with Crippen LogP contribution in [0.2, 0.25) is 5.02 Å². The topological polar surface area (TPSA) is 66.6 Å². The molecule has 1 fully saturated rings. The number of anilines is 1. The number of carbonyl (C=O) groups is 1. The van der Waals surface area contributed by atoms with E-state index in [9.17, 15) is 9.90 Å². The lowest BCUT2D eigenvalue weighted by Crippen LogP contribution is -2.24. The lowest BCUT2D eigenvalue weighted by molar-refractivity contribution is -0.117. The molecule has 1 amide bonds. The van der Waals surface area contributed by atoms with E-state index in [-0.39, 0.29) is 24.8 Å². The lowest BCUT2D eigenvalue weighted by atomic mass is 10.3. The quantitative estimate of drug-likeness (QED) is 0.752. The minimum absolute atomic E-state index is 0.107. The summed E-state index contributed by atoms with van der Waals surface area (Å²) in [5.41, 5.74) is 0.538. The van der Waals surface area contributed by atoms with Crippen molar-refractivity contribution < 1.29 is 14.4 Å². The molecular weight excluding hydrogens is 208 g/mol. The highest BCUT2D eigenvalue weighted by atomic mass is 35.5. The van der Waals surface area contributed by atoms with Crippen LogP contribution in [-0.2, 0) is 4.79 Å². The fourth-order valence-corrected chi connectivity index (χ4v) is 1.57. The predicted molar refractivity (Wildman–Crippen MR) is 49.2 cm³/mol. The van der Waals surface area contributed by atoms with E-state index >= 15 is 0 Å². The monoisotopic (exact) mass is 216 g/mol. The Bertz CT molecular complexity index is 377. The van der Waals surface area contributed by atoms with Crippen LogP contribution in [0.3, 0.4) is 0 Å². The molecule has 6 heteroatoms. The highest BCUT2D eigenvalue weighted by Gasteiger charge is 2.33. The van der Waals surface area contributed by atoms with E-state index in [1.54, 1.807) is 6.92 Å². The number of aromatic nitrogens is 1. The lowest BCUT2D eigenvalue weighted by Gasteiger charge is -2.10. The molecule has 0 aliphatic carbocycles. The predicted octanol–water partition coefficient (Wildman–Crippen LogP) is 0.734. The van der Waals surface area contributed by atoms with Gasteiger partial charge in [-0.3, -0.25) is 9.69 Å². The van der Waals surface area contributed by atoms with Crippen LogP contribution >= 0.6 is 11.6 Å².